The first-order valence-corrected chi connectivity index (χ1v) is 6.30. The maximum absolute atomic E-state index is 5.46. The molecule has 0 aromatic carbocycles. The van der Waals surface area contributed by atoms with Gasteiger partial charge in [-0.3, -0.25) is 0 Å². The molecule has 0 aliphatic carbocycles. The lowest BCUT2D eigenvalue weighted by atomic mass is 10.3. The van der Waals surface area contributed by atoms with E-state index in [1.165, 1.54) is 6.33 Å². The van der Waals surface area contributed by atoms with Gasteiger partial charge >= 0.3 is 0 Å². The molecular formula is C11H18BrN3O. The summed E-state index contributed by atoms with van der Waals surface area (Å²) in [5.74, 6) is 0.847. The number of anilines is 1. The first-order valence-electron chi connectivity index (χ1n) is 5.51. The van der Waals surface area contributed by atoms with Crippen molar-refractivity contribution in [3.05, 3.63) is 17.0 Å². The highest BCUT2D eigenvalue weighted by atomic mass is 79.9. The number of hydrogen-bond donors (Lipinski definition) is 1. The van der Waals surface area contributed by atoms with Gasteiger partial charge in [0.15, 0.2) is 0 Å². The van der Waals surface area contributed by atoms with Crippen LogP contribution in [0.3, 0.4) is 0 Å². The number of aromatic nitrogens is 2. The fourth-order valence-electron chi connectivity index (χ4n) is 1.20. The SMILES string of the molecule is CC(C)OCCCCNc1ncncc1Br. The van der Waals surface area contributed by atoms with Gasteiger partial charge in [0.2, 0.25) is 0 Å². The molecule has 0 saturated heterocycles. The van der Waals surface area contributed by atoms with Crippen molar-refractivity contribution in [2.75, 3.05) is 18.5 Å². The van der Waals surface area contributed by atoms with Crippen LogP contribution >= 0.6 is 15.9 Å². The van der Waals surface area contributed by atoms with Crippen LogP contribution in [-0.4, -0.2) is 29.2 Å². The summed E-state index contributed by atoms with van der Waals surface area (Å²) in [6, 6.07) is 0. The lowest BCUT2D eigenvalue weighted by molar-refractivity contribution is 0.0765. The number of hydrogen-bond acceptors (Lipinski definition) is 4. The standard InChI is InChI=1S/C11H18BrN3O/c1-9(2)16-6-4-3-5-14-11-10(12)7-13-8-15-11/h7-9H,3-6H2,1-2H3,(H,13,14,15). The van der Waals surface area contributed by atoms with E-state index >= 15 is 0 Å². The fraction of sp³-hybridized carbons (Fsp3) is 0.636. The Labute approximate surface area is 105 Å². The van der Waals surface area contributed by atoms with Gasteiger partial charge in [-0.1, -0.05) is 0 Å². The summed E-state index contributed by atoms with van der Waals surface area (Å²) in [4.78, 5) is 8.03. The number of unbranched alkanes of at least 4 members (excludes halogenated alkanes) is 1. The molecule has 90 valence electrons. The van der Waals surface area contributed by atoms with Gasteiger partial charge in [-0.25, -0.2) is 9.97 Å². The third-order valence-electron chi connectivity index (χ3n) is 1.98. The Morgan fingerprint density at radius 1 is 1.44 bits per heavy atom. The van der Waals surface area contributed by atoms with Crippen molar-refractivity contribution in [2.45, 2.75) is 32.8 Å². The van der Waals surface area contributed by atoms with E-state index in [1.54, 1.807) is 6.20 Å². The normalized spacial score (nSPS) is 10.8. The Morgan fingerprint density at radius 2 is 2.25 bits per heavy atom. The quantitative estimate of drug-likeness (QED) is 0.784. The van der Waals surface area contributed by atoms with E-state index in [-0.39, 0.29) is 0 Å². The van der Waals surface area contributed by atoms with Crippen LogP contribution in [0.5, 0.6) is 0 Å². The average Bonchev–Trinajstić information content (AvgIpc) is 2.25. The molecule has 1 aromatic rings. The van der Waals surface area contributed by atoms with Crippen LogP contribution < -0.4 is 5.32 Å². The number of nitrogens with zero attached hydrogens (tertiary/aromatic N) is 2. The van der Waals surface area contributed by atoms with Gasteiger partial charge in [0.25, 0.3) is 0 Å². The number of nitrogens with one attached hydrogen (secondary N) is 1. The molecule has 0 aliphatic heterocycles. The highest BCUT2D eigenvalue weighted by molar-refractivity contribution is 9.10. The van der Waals surface area contributed by atoms with Crippen LogP contribution in [0.4, 0.5) is 5.82 Å². The van der Waals surface area contributed by atoms with Gasteiger partial charge in [-0.2, -0.15) is 0 Å². The van der Waals surface area contributed by atoms with Crippen LogP contribution in [0, 0.1) is 0 Å². The van der Waals surface area contributed by atoms with E-state index < -0.39 is 0 Å². The predicted molar refractivity (Wildman–Crippen MR) is 68.5 cm³/mol. The molecule has 16 heavy (non-hydrogen) atoms. The summed E-state index contributed by atoms with van der Waals surface area (Å²) in [5.41, 5.74) is 0. The molecule has 0 spiro atoms. The molecule has 1 heterocycles. The van der Waals surface area contributed by atoms with E-state index in [4.69, 9.17) is 4.74 Å². The molecular weight excluding hydrogens is 270 g/mol. The number of halogens is 1. The first kappa shape index (κ1) is 13.4. The van der Waals surface area contributed by atoms with E-state index in [0.717, 1.165) is 36.3 Å². The van der Waals surface area contributed by atoms with Crippen LogP contribution in [0.1, 0.15) is 26.7 Å². The molecule has 0 fully saturated rings. The monoisotopic (exact) mass is 287 g/mol. The fourth-order valence-corrected chi connectivity index (χ4v) is 1.56. The van der Waals surface area contributed by atoms with Crippen molar-refractivity contribution in [3.8, 4) is 0 Å². The molecule has 0 bridgehead atoms. The van der Waals surface area contributed by atoms with E-state index in [2.05, 4.69) is 45.1 Å². The molecule has 5 heteroatoms. The van der Waals surface area contributed by atoms with E-state index in [0.29, 0.717) is 6.10 Å². The number of ether oxygens (including phenoxy) is 1. The Balaban J connectivity index is 2.10. The second kappa shape index (κ2) is 7.57. The van der Waals surface area contributed by atoms with Crippen LogP contribution in [0.2, 0.25) is 0 Å². The first-order chi connectivity index (χ1) is 7.70. The zero-order valence-corrected chi connectivity index (χ0v) is 11.3. The second-order valence-electron chi connectivity index (χ2n) is 3.77. The smallest absolute Gasteiger partial charge is 0.143 e. The van der Waals surface area contributed by atoms with Gasteiger partial charge in [0, 0.05) is 19.3 Å². The minimum absolute atomic E-state index is 0.323. The zero-order valence-electron chi connectivity index (χ0n) is 9.74. The van der Waals surface area contributed by atoms with Gasteiger partial charge in [-0.05, 0) is 42.6 Å². The Morgan fingerprint density at radius 3 is 2.94 bits per heavy atom. The largest absolute Gasteiger partial charge is 0.379 e. The summed E-state index contributed by atoms with van der Waals surface area (Å²) in [6.07, 6.45) is 5.73. The van der Waals surface area contributed by atoms with Crippen molar-refractivity contribution in [2.24, 2.45) is 0 Å². The van der Waals surface area contributed by atoms with Crippen molar-refractivity contribution in [1.29, 1.82) is 0 Å². The predicted octanol–water partition coefficient (Wildman–Crippen LogP) is 2.86. The zero-order chi connectivity index (χ0) is 11.8. The molecule has 4 nitrogen and oxygen atoms in total. The average molecular weight is 288 g/mol. The molecule has 0 unspecified atom stereocenters. The Kier molecular flexibility index (Phi) is 6.33. The third-order valence-corrected chi connectivity index (χ3v) is 2.56. The van der Waals surface area contributed by atoms with Crippen molar-refractivity contribution < 1.29 is 4.74 Å². The summed E-state index contributed by atoms with van der Waals surface area (Å²) in [7, 11) is 0. The van der Waals surface area contributed by atoms with Gasteiger partial charge in [0.1, 0.15) is 12.1 Å². The lowest BCUT2D eigenvalue weighted by Gasteiger charge is -2.08. The molecule has 1 N–H and O–H groups in total. The molecule has 0 aliphatic rings. The minimum atomic E-state index is 0.323. The van der Waals surface area contributed by atoms with Crippen LogP contribution in [0.15, 0.2) is 17.0 Å². The van der Waals surface area contributed by atoms with Crippen molar-refractivity contribution >= 4 is 21.7 Å². The topological polar surface area (TPSA) is 47.0 Å². The third kappa shape index (κ3) is 5.42. The van der Waals surface area contributed by atoms with Gasteiger partial charge in [0.05, 0.1) is 10.6 Å². The van der Waals surface area contributed by atoms with Crippen LogP contribution in [0.25, 0.3) is 0 Å². The highest BCUT2D eigenvalue weighted by Gasteiger charge is 1.99. The molecule has 1 aromatic heterocycles. The maximum Gasteiger partial charge on any atom is 0.143 e. The number of rotatable bonds is 7. The maximum atomic E-state index is 5.46. The summed E-state index contributed by atoms with van der Waals surface area (Å²) in [5, 5.41) is 3.25. The second-order valence-corrected chi connectivity index (χ2v) is 4.63. The van der Waals surface area contributed by atoms with Crippen molar-refractivity contribution in [1.82, 2.24) is 9.97 Å². The summed E-state index contributed by atoms with van der Waals surface area (Å²) in [6.45, 7) is 5.83. The molecule has 1 rings (SSSR count). The van der Waals surface area contributed by atoms with E-state index in [1.807, 2.05) is 0 Å². The Bertz CT molecular complexity index is 307. The minimum Gasteiger partial charge on any atom is -0.379 e. The van der Waals surface area contributed by atoms with Crippen molar-refractivity contribution in [3.63, 3.8) is 0 Å². The molecule has 0 amide bonds. The van der Waals surface area contributed by atoms with Gasteiger partial charge < -0.3 is 10.1 Å². The molecule has 0 radical (unpaired) electrons. The lowest BCUT2D eigenvalue weighted by Crippen LogP contribution is -2.08. The summed E-state index contributed by atoms with van der Waals surface area (Å²) >= 11 is 3.39. The highest BCUT2D eigenvalue weighted by Crippen LogP contribution is 2.16. The summed E-state index contributed by atoms with van der Waals surface area (Å²) < 4.78 is 6.35. The Hall–Kier alpha value is -0.680. The molecule has 0 atom stereocenters. The molecule has 0 saturated carbocycles. The van der Waals surface area contributed by atoms with Crippen LogP contribution in [-0.2, 0) is 4.74 Å². The van der Waals surface area contributed by atoms with E-state index in [9.17, 15) is 0 Å². The van der Waals surface area contributed by atoms with Gasteiger partial charge in [-0.15, -0.1) is 0 Å².